The molecule has 0 saturated carbocycles. The fraction of sp³-hybridized carbons (Fsp3) is 0.333. The first-order valence-electron chi connectivity index (χ1n) is 7.23. The molecule has 0 aliphatic heterocycles. The molecule has 0 amide bonds. The fourth-order valence-electron chi connectivity index (χ4n) is 2.83. The van der Waals surface area contributed by atoms with Crippen LogP contribution >= 0.6 is 0 Å². The molecule has 2 aromatic rings. The van der Waals surface area contributed by atoms with Crippen LogP contribution in [0.1, 0.15) is 35.1 Å². The van der Waals surface area contributed by atoms with E-state index < -0.39 is 0 Å². The summed E-state index contributed by atoms with van der Waals surface area (Å²) < 4.78 is 0. The maximum atomic E-state index is 3.58. The first-order valence-corrected chi connectivity index (χ1v) is 7.23. The third-order valence-corrected chi connectivity index (χ3v) is 4.11. The third kappa shape index (κ3) is 2.71. The SMILES string of the molecule is CCc1ccc(CNCC2Cc3ccccc32)cc1. The minimum atomic E-state index is 0.714. The van der Waals surface area contributed by atoms with Crippen LogP contribution in [0.2, 0.25) is 0 Å². The molecule has 98 valence electrons. The van der Waals surface area contributed by atoms with Gasteiger partial charge in [0.25, 0.3) is 0 Å². The number of hydrogen-bond acceptors (Lipinski definition) is 1. The lowest BCUT2D eigenvalue weighted by Crippen LogP contribution is -2.28. The Morgan fingerprint density at radius 3 is 2.47 bits per heavy atom. The van der Waals surface area contributed by atoms with Crippen molar-refractivity contribution in [3.05, 3.63) is 70.8 Å². The average Bonchev–Trinajstić information content (AvgIpc) is 2.44. The van der Waals surface area contributed by atoms with Crippen LogP contribution in [-0.2, 0) is 19.4 Å². The molecule has 0 aromatic heterocycles. The summed E-state index contributed by atoms with van der Waals surface area (Å²) in [5.41, 5.74) is 5.86. The summed E-state index contributed by atoms with van der Waals surface area (Å²) in [6, 6.07) is 17.7. The highest BCUT2D eigenvalue weighted by Crippen LogP contribution is 2.33. The Kier molecular flexibility index (Phi) is 3.65. The number of fused-ring (bicyclic) bond motifs is 1. The van der Waals surface area contributed by atoms with Crippen molar-refractivity contribution in [2.45, 2.75) is 32.2 Å². The van der Waals surface area contributed by atoms with Gasteiger partial charge in [-0.25, -0.2) is 0 Å². The van der Waals surface area contributed by atoms with Crippen molar-refractivity contribution in [3.63, 3.8) is 0 Å². The second kappa shape index (κ2) is 5.58. The Bertz CT molecular complexity index is 542. The quantitative estimate of drug-likeness (QED) is 0.855. The Hall–Kier alpha value is -1.60. The van der Waals surface area contributed by atoms with E-state index in [0.717, 1.165) is 19.5 Å². The zero-order chi connectivity index (χ0) is 13.1. The van der Waals surface area contributed by atoms with Gasteiger partial charge in [0.1, 0.15) is 0 Å². The summed E-state index contributed by atoms with van der Waals surface area (Å²) in [7, 11) is 0. The predicted octanol–water partition coefficient (Wildman–Crippen LogP) is 3.68. The summed E-state index contributed by atoms with van der Waals surface area (Å²) in [6.45, 7) is 4.26. The van der Waals surface area contributed by atoms with Crippen molar-refractivity contribution in [2.75, 3.05) is 6.54 Å². The zero-order valence-electron chi connectivity index (χ0n) is 11.5. The highest BCUT2D eigenvalue weighted by atomic mass is 14.9. The van der Waals surface area contributed by atoms with E-state index in [0.29, 0.717) is 5.92 Å². The van der Waals surface area contributed by atoms with Crippen LogP contribution in [0, 0.1) is 0 Å². The molecule has 3 rings (SSSR count). The molecule has 0 spiro atoms. The molecule has 19 heavy (non-hydrogen) atoms. The molecule has 2 aromatic carbocycles. The molecule has 1 atom stereocenters. The van der Waals surface area contributed by atoms with Gasteiger partial charge in [-0.2, -0.15) is 0 Å². The molecule has 1 N–H and O–H groups in total. The standard InChI is InChI=1S/C18H21N/c1-2-14-7-9-15(10-8-14)12-19-13-17-11-16-5-3-4-6-18(16)17/h3-10,17,19H,2,11-13H2,1H3. The smallest absolute Gasteiger partial charge is 0.0205 e. The van der Waals surface area contributed by atoms with E-state index in [1.807, 2.05) is 0 Å². The number of aryl methyl sites for hydroxylation is 1. The molecule has 0 bridgehead atoms. The second-order valence-electron chi connectivity index (χ2n) is 5.40. The molecule has 1 aliphatic rings. The molecule has 1 nitrogen and oxygen atoms in total. The molecule has 1 unspecified atom stereocenters. The third-order valence-electron chi connectivity index (χ3n) is 4.11. The number of hydrogen-bond donors (Lipinski definition) is 1. The summed E-state index contributed by atoms with van der Waals surface area (Å²) >= 11 is 0. The Labute approximate surface area is 115 Å². The van der Waals surface area contributed by atoms with Crippen molar-refractivity contribution in [1.82, 2.24) is 5.32 Å². The predicted molar refractivity (Wildman–Crippen MR) is 80.4 cm³/mol. The first-order chi connectivity index (χ1) is 9.36. The molecular weight excluding hydrogens is 230 g/mol. The van der Waals surface area contributed by atoms with Gasteiger partial charge >= 0.3 is 0 Å². The van der Waals surface area contributed by atoms with Gasteiger partial charge in [0.05, 0.1) is 0 Å². The summed E-state index contributed by atoms with van der Waals surface area (Å²) in [4.78, 5) is 0. The van der Waals surface area contributed by atoms with Crippen LogP contribution in [0.3, 0.4) is 0 Å². The molecule has 0 saturated heterocycles. The Morgan fingerprint density at radius 1 is 1.00 bits per heavy atom. The van der Waals surface area contributed by atoms with E-state index >= 15 is 0 Å². The van der Waals surface area contributed by atoms with Gasteiger partial charge in [-0.15, -0.1) is 0 Å². The topological polar surface area (TPSA) is 12.0 Å². The van der Waals surface area contributed by atoms with Crippen LogP contribution in [0.15, 0.2) is 48.5 Å². The molecule has 1 aliphatic carbocycles. The van der Waals surface area contributed by atoms with Crippen molar-refractivity contribution >= 4 is 0 Å². The van der Waals surface area contributed by atoms with Crippen LogP contribution in [0.25, 0.3) is 0 Å². The van der Waals surface area contributed by atoms with E-state index in [2.05, 4.69) is 60.8 Å². The maximum absolute atomic E-state index is 3.58. The summed E-state index contributed by atoms with van der Waals surface area (Å²) in [6.07, 6.45) is 2.35. The molecule has 0 radical (unpaired) electrons. The van der Waals surface area contributed by atoms with E-state index in [4.69, 9.17) is 0 Å². The van der Waals surface area contributed by atoms with E-state index in [1.165, 1.54) is 28.7 Å². The number of nitrogens with one attached hydrogen (secondary N) is 1. The van der Waals surface area contributed by atoms with Crippen LogP contribution < -0.4 is 5.32 Å². The number of rotatable bonds is 5. The Balaban J connectivity index is 1.49. The molecular formula is C18H21N. The van der Waals surface area contributed by atoms with Crippen LogP contribution in [0.5, 0.6) is 0 Å². The lowest BCUT2D eigenvalue weighted by molar-refractivity contribution is 0.535. The van der Waals surface area contributed by atoms with E-state index in [9.17, 15) is 0 Å². The van der Waals surface area contributed by atoms with Crippen molar-refractivity contribution in [3.8, 4) is 0 Å². The van der Waals surface area contributed by atoms with Gasteiger partial charge in [-0.1, -0.05) is 55.5 Å². The van der Waals surface area contributed by atoms with Gasteiger partial charge in [0, 0.05) is 19.0 Å². The van der Waals surface area contributed by atoms with Gasteiger partial charge in [0.15, 0.2) is 0 Å². The van der Waals surface area contributed by atoms with E-state index in [1.54, 1.807) is 0 Å². The summed E-state index contributed by atoms with van der Waals surface area (Å²) in [5.74, 6) is 0.714. The molecule has 0 fully saturated rings. The van der Waals surface area contributed by atoms with Gasteiger partial charge in [-0.05, 0) is 35.1 Å². The average molecular weight is 251 g/mol. The highest BCUT2D eigenvalue weighted by Gasteiger charge is 2.24. The summed E-state index contributed by atoms with van der Waals surface area (Å²) in [5, 5.41) is 3.58. The van der Waals surface area contributed by atoms with Gasteiger partial charge < -0.3 is 5.32 Å². The molecule has 1 heteroatoms. The van der Waals surface area contributed by atoms with Crippen LogP contribution in [0.4, 0.5) is 0 Å². The number of benzene rings is 2. The van der Waals surface area contributed by atoms with Crippen LogP contribution in [-0.4, -0.2) is 6.54 Å². The highest BCUT2D eigenvalue weighted by molar-refractivity contribution is 5.40. The minimum absolute atomic E-state index is 0.714. The minimum Gasteiger partial charge on any atom is -0.312 e. The van der Waals surface area contributed by atoms with Crippen molar-refractivity contribution in [2.24, 2.45) is 0 Å². The molecule has 0 heterocycles. The monoisotopic (exact) mass is 251 g/mol. The first kappa shape index (κ1) is 12.4. The second-order valence-corrected chi connectivity index (χ2v) is 5.40. The van der Waals surface area contributed by atoms with Crippen molar-refractivity contribution in [1.29, 1.82) is 0 Å². The lowest BCUT2D eigenvalue weighted by atomic mass is 9.77. The van der Waals surface area contributed by atoms with Gasteiger partial charge in [0.2, 0.25) is 0 Å². The van der Waals surface area contributed by atoms with Crippen molar-refractivity contribution < 1.29 is 0 Å². The lowest BCUT2D eigenvalue weighted by Gasteiger charge is -2.30. The maximum Gasteiger partial charge on any atom is 0.0205 e. The Morgan fingerprint density at radius 2 is 1.74 bits per heavy atom. The zero-order valence-corrected chi connectivity index (χ0v) is 11.5. The normalized spacial score (nSPS) is 16.8. The van der Waals surface area contributed by atoms with Gasteiger partial charge in [-0.3, -0.25) is 0 Å². The largest absolute Gasteiger partial charge is 0.312 e. The van der Waals surface area contributed by atoms with E-state index in [-0.39, 0.29) is 0 Å². The fourth-order valence-corrected chi connectivity index (χ4v) is 2.83.